The van der Waals surface area contributed by atoms with Gasteiger partial charge < -0.3 is 10.6 Å². The third-order valence-electron chi connectivity index (χ3n) is 4.19. The zero-order valence-corrected chi connectivity index (χ0v) is 13.7. The summed E-state index contributed by atoms with van der Waals surface area (Å²) in [4.78, 5) is 34.0. The summed E-state index contributed by atoms with van der Waals surface area (Å²) in [5.41, 5.74) is 6.56. The van der Waals surface area contributed by atoms with Crippen LogP contribution in [0.1, 0.15) is 31.4 Å². The van der Waals surface area contributed by atoms with Crippen LogP contribution in [0.2, 0.25) is 0 Å². The van der Waals surface area contributed by atoms with E-state index in [1.165, 1.54) is 0 Å². The highest BCUT2D eigenvalue weighted by Gasteiger charge is 2.26. The van der Waals surface area contributed by atoms with Crippen molar-refractivity contribution in [1.82, 2.24) is 15.3 Å². The highest BCUT2D eigenvalue weighted by atomic mass is 32.2. The lowest BCUT2D eigenvalue weighted by Gasteiger charge is -2.33. The van der Waals surface area contributed by atoms with Crippen molar-refractivity contribution >= 4 is 34.9 Å². The molecule has 2 heterocycles. The Hall–Kier alpha value is -1.93. The molecule has 1 saturated heterocycles. The maximum atomic E-state index is 11.6. The second-order valence-electron chi connectivity index (χ2n) is 5.81. The van der Waals surface area contributed by atoms with Gasteiger partial charge in [-0.3, -0.25) is 14.9 Å². The summed E-state index contributed by atoms with van der Waals surface area (Å²) >= 11 is 0.885. The van der Waals surface area contributed by atoms with Crippen molar-refractivity contribution in [2.75, 3.05) is 11.9 Å². The Bertz CT molecular complexity index is 655. The van der Waals surface area contributed by atoms with Crippen molar-refractivity contribution in [3.05, 3.63) is 22.9 Å². The zero-order chi connectivity index (χ0) is 16.4. The predicted molar refractivity (Wildman–Crippen MR) is 89.8 cm³/mol. The SMILES string of the molecule is CN(c1nccc(/C=C2/SC(=O)NC2=O)n1)C1CCC(N)CC1. The lowest BCUT2D eigenvalue weighted by molar-refractivity contribution is -0.115. The van der Waals surface area contributed by atoms with E-state index in [0.717, 1.165) is 37.4 Å². The van der Waals surface area contributed by atoms with Crippen molar-refractivity contribution in [2.45, 2.75) is 37.8 Å². The first-order valence-electron chi connectivity index (χ1n) is 7.59. The van der Waals surface area contributed by atoms with Gasteiger partial charge in [0.1, 0.15) is 0 Å². The third kappa shape index (κ3) is 3.70. The summed E-state index contributed by atoms with van der Waals surface area (Å²) < 4.78 is 0. The van der Waals surface area contributed by atoms with Crippen molar-refractivity contribution in [2.24, 2.45) is 5.73 Å². The van der Waals surface area contributed by atoms with Gasteiger partial charge in [0.2, 0.25) is 5.95 Å². The van der Waals surface area contributed by atoms with E-state index in [9.17, 15) is 9.59 Å². The van der Waals surface area contributed by atoms with Crippen LogP contribution in [0.25, 0.3) is 6.08 Å². The Morgan fingerprint density at radius 3 is 2.74 bits per heavy atom. The molecule has 0 unspecified atom stereocenters. The molecule has 0 aromatic carbocycles. The molecular formula is C15H19N5O2S. The minimum atomic E-state index is -0.380. The van der Waals surface area contributed by atoms with E-state index in [0.29, 0.717) is 28.6 Å². The van der Waals surface area contributed by atoms with Gasteiger partial charge in [-0.15, -0.1) is 0 Å². The van der Waals surface area contributed by atoms with Gasteiger partial charge in [0.05, 0.1) is 10.6 Å². The fraction of sp³-hybridized carbons (Fsp3) is 0.467. The number of thioether (sulfide) groups is 1. The van der Waals surface area contributed by atoms with Crippen LogP contribution >= 0.6 is 11.8 Å². The van der Waals surface area contributed by atoms with E-state index in [-0.39, 0.29) is 11.1 Å². The molecule has 0 spiro atoms. The van der Waals surface area contributed by atoms with Crippen LogP contribution in [-0.2, 0) is 4.79 Å². The van der Waals surface area contributed by atoms with Crippen LogP contribution in [0.3, 0.4) is 0 Å². The van der Waals surface area contributed by atoms with Gasteiger partial charge in [0.15, 0.2) is 0 Å². The molecule has 2 fully saturated rings. The van der Waals surface area contributed by atoms with E-state index in [1.807, 2.05) is 7.05 Å². The van der Waals surface area contributed by atoms with Crippen molar-refractivity contribution in [3.63, 3.8) is 0 Å². The van der Waals surface area contributed by atoms with Gasteiger partial charge >= 0.3 is 0 Å². The number of aromatic nitrogens is 2. The normalized spacial score (nSPS) is 26.4. The molecule has 8 heteroatoms. The topological polar surface area (TPSA) is 101 Å². The molecule has 3 rings (SSSR count). The Labute approximate surface area is 138 Å². The van der Waals surface area contributed by atoms with E-state index in [1.54, 1.807) is 18.3 Å². The van der Waals surface area contributed by atoms with Gasteiger partial charge in [0, 0.05) is 25.3 Å². The lowest BCUT2D eigenvalue weighted by Crippen LogP contribution is -2.39. The summed E-state index contributed by atoms with van der Waals surface area (Å²) in [6, 6.07) is 2.40. The Balaban J connectivity index is 1.76. The van der Waals surface area contributed by atoms with Crippen LogP contribution in [0.5, 0.6) is 0 Å². The quantitative estimate of drug-likeness (QED) is 0.808. The van der Waals surface area contributed by atoms with Gasteiger partial charge in [-0.2, -0.15) is 0 Å². The summed E-state index contributed by atoms with van der Waals surface area (Å²) in [5.74, 6) is 0.240. The number of hydrogen-bond acceptors (Lipinski definition) is 7. The van der Waals surface area contributed by atoms with Gasteiger partial charge in [-0.05, 0) is 49.6 Å². The fourth-order valence-corrected chi connectivity index (χ4v) is 3.49. The summed E-state index contributed by atoms with van der Waals surface area (Å²) in [6.07, 6.45) is 7.35. The zero-order valence-electron chi connectivity index (χ0n) is 12.9. The number of amides is 2. The van der Waals surface area contributed by atoms with Crippen molar-refractivity contribution in [3.8, 4) is 0 Å². The van der Waals surface area contributed by atoms with E-state index >= 15 is 0 Å². The standard InChI is InChI=1S/C15H19N5O2S/c1-20(11-4-2-9(16)3-5-11)14-17-7-6-10(18-14)8-12-13(21)19-15(22)23-12/h6-9,11H,2-5,16H2,1H3,(H,19,21,22)/b12-8+. The second kappa shape index (κ2) is 6.67. The average molecular weight is 333 g/mol. The Kier molecular flexibility index (Phi) is 4.63. The summed E-state index contributed by atoms with van der Waals surface area (Å²) in [5, 5.41) is 1.88. The van der Waals surface area contributed by atoms with Crippen LogP contribution in [0.4, 0.5) is 10.7 Å². The van der Waals surface area contributed by atoms with Gasteiger partial charge in [0.25, 0.3) is 11.1 Å². The Morgan fingerprint density at radius 1 is 1.35 bits per heavy atom. The Morgan fingerprint density at radius 2 is 2.09 bits per heavy atom. The molecule has 23 heavy (non-hydrogen) atoms. The molecule has 2 amide bonds. The number of hydrogen-bond donors (Lipinski definition) is 2. The van der Waals surface area contributed by atoms with Gasteiger partial charge in [-0.1, -0.05) is 0 Å². The highest BCUT2D eigenvalue weighted by Crippen LogP contribution is 2.26. The summed E-state index contributed by atoms with van der Waals surface area (Å²) in [7, 11) is 1.98. The molecule has 0 radical (unpaired) electrons. The maximum Gasteiger partial charge on any atom is 0.290 e. The van der Waals surface area contributed by atoms with Crippen molar-refractivity contribution < 1.29 is 9.59 Å². The molecule has 1 saturated carbocycles. The molecule has 1 aliphatic carbocycles. The van der Waals surface area contributed by atoms with Crippen LogP contribution in [0.15, 0.2) is 17.2 Å². The number of nitrogens with one attached hydrogen (secondary N) is 1. The predicted octanol–water partition coefficient (Wildman–Crippen LogP) is 1.51. The molecule has 1 aliphatic heterocycles. The maximum absolute atomic E-state index is 11.6. The van der Waals surface area contributed by atoms with Crippen LogP contribution in [0, 0.1) is 0 Å². The first-order valence-corrected chi connectivity index (χ1v) is 8.41. The molecule has 122 valence electrons. The summed E-state index contributed by atoms with van der Waals surface area (Å²) in [6.45, 7) is 0. The third-order valence-corrected chi connectivity index (χ3v) is 5.00. The number of carbonyl (C=O) groups excluding carboxylic acids is 2. The van der Waals surface area contributed by atoms with E-state index in [2.05, 4.69) is 20.2 Å². The molecule has 1 aromatic rings. The molecular weight excluding hydrogens is 314 g/mol. The first kappa shape index (κ1) is 15.9. The monoisotopic (exact) mass is 333 g/mol. The van der Waals surface area contributed by atoms with Crippen LogP contribution < -0.4 is 16.0 Å². The lowest BCUT2D eigenvalue weighted by atomic mass is 9.91. The van der Waals surface area contributed by atoms with Gasteiger partial charge in [-0.25, -0.2) is 9.97 Å². The molecule has 7 nitrogen and oxygen atoms in total. The highest BCUT2D eigenvalue weighted by molar-refractivity contribution is 8.18. The van der Waals surface area contributed by atoms with E-state index in [4.69, 9.17) is 5.73 Å². The fourth-order valence-electron chi connectivity index (χ4n) is 2.82. The number of nitrogens with zero attached hydrogens (tertiary/aromatic N) is 3. The smallest absolute Gasteiger partial charge is 0.290 e. The largest absolute Gasteiger partial charge is 0.341 e. The average Bonchev–Trinajstić information content (AvgIpc) is 2.85. The first-order chi connectivity index (χ1) is 11.0. The number of rotatable bonds is 3. The molecule has 3 N–H and O–H groups in total. The van der Waals surface area contributed by atoms with E-state index < -0.39 is 0 Å². The molecule has 0 atom stereocenters. The second-order valence-corrected chi connectivity index (χ2v) is 6.83. The number of anilines is 1. The minimum Gasteiger partial charge on any atom is -0.341 e. The molecule has 2 aliphatic rings. The van der Waals surface area contributed by atoms with Crippen LogP contribution in [-0.4, -0.2) is 40.2 Å². The number of nitrogens with two attached hydrogens (primary N) is 1. The molecule has 0 bridgehead atoms. The number of imide groups is 1. The number of carbonyl (C=O) groups is 2. The minimum absolute atomic E-state index is 0.298. The van der Waals surface area contributed by atoms with Crippen molar-refractivity contribution in [1.29, 1.82) is 0 Å². The molecule has 1 aromatic heterocycles.